The summed E-state index contributed by atoms with van der Waals surface area (Å²) in [6.07, 6.45) is 0. The molecule has 0 fully saturated rings. The fraction of sp³-hybridized carbons (Fsp3) is 0.190. The van der Waals surface area contributed by atoms with E-state index in [0.29, 0.717) is 5.56 Å². The third-order valence-corrected chi connectivity index (χ3v) is 3.98. The lowest BCUT2D eigenvalue weighted by Gasteiger charge is -2.12. The van der Waals surface area contributed by atoms with Crippen molar-refractivity contribution in [2.45, 2.75) is 19.9 Å². The molecule has 3 aromatic rings. The number of nitrogens with one attached hydrogen (secondary N) is 2. The lowest BCUT2D eigenvalue weighted by molar-refractivity contribution is -0.123. The van der Waals surface area contributed by atoms with Crippen molar-refractivity contribution in [2.75, 3.05) is 6.61 Å². The standard InChI is InChI=1S/C21H20N2O4/c1-13(2)22-21(26)23-18(24)12-27-20(25)19-16-9-5-3-7-14(16)11-15-8-4-6-10-17(15)19/h3-11,13H,12H2,1-2H3,(H2,22,23,24,26). The second-order valence-electron chi connectivity index (χ2n) is 6.45. The number of rotatable bonds is 4. The first-order valence-electron chi connectivity index (χ1n) is 8.63. The highest BCUT2D eigenvalue weighted by molar-refractivity contribution is 6.16. The van der Waals surface area contributed by atoms with Crippen LogP contribution in [0.5, 0.6) is 0 Å². The number of urea groups is 1. The second-order valence-corrected chi connectivity index (χ2v) is 6.45. The summed E-state index contributed by atoms with van der Waals surface area (Å²) in [5, 5.41) is 7.97. The molecule has 0 radical (unpaired) electrons. The van der Waals surface area contributed by atoms with Crippen molar-refractivity contribution in [3.8, 4) is 0 Å². The molecule has 0 spiro atoms. The molecule has 0 heterocycles. The van der Waals surface area contributed by atoms with Crippen LogP contribution in [-0.4, -0.2) is 30.6 Å². The molecule has 0 bridgehead atoms. The number of carbonyl (C=O) groups is 3. The van der Waals surface area contributed by atoms with Gasteiger partial charge in [-0.2, -0.15) is 0 Å². The summed E-state index contributed by atoms with van der Waals surface area (Å²) < 4.78 is 5.18. The molecular weight excluding hydrogens is 344 g/mol. The number of imide groups is 1. The first-order chi connectivity index (χ1) is 13.0. The van der Waals surface area contributed by atoms with Gasteiger partial charge in [0, 0.05) is 6.04 Å². The van der Waals surface area contributed by atoms with Crippen LogP contribution in [0.25, 0.3) is 21.5 Å². The Labute approximate surface area is 156 Å². The van der Waals surface area contributed by atoms with Crippen molar-refractivity contribution in [1.82, 2.24) is 10.6 Å². The summed E-state index contributed by atoms with van der Waals surface area (Å²) in [5.74, 6) is -1.30. The van der Waals surface area contributed by atoms with Gasteiger partial charge in [-0.1, -0.05) is 48.5 Å². The second kappa shape index (κ2) is 7.86. The summed E-state index contributed by atoms with van der Waals surface area (Å²) in [5.41, 5.74) is 0.406. The number of hydrogen-bond acceptors (Lipinski definition) is 4. The zero-order chi connectivity index (χ0) is 19.4. The maximum Gasteiger partial charge on any atom is 0.339 e. The molecule has 2 N–H and O–H groups in total. The van der Waals surface area contributed by atoms with Crippen molar-refractivity contribution >= 4 is 39.5 Å². The highest BCUT2D eigenvalue weighted by Gasteiger charge is 2.18. The molecule has 0 saturated carbocycles. The summed E-state index contributed by atoms with van der Waals surface area (Å²) in [7, 11) is 0. The third kappa shape index (κ3) is 4.23. The minimum atomic E-state index is -0.689. The number of hydrogen-bond donors (Lipinski definition) is 2. The van der Waals surface area contributed by atoms with Gasteiger partial charge in [0.15, 0.2) is 6.61 Å². The SMILES string of the molecule is CC(C)NC(=O)NC(=O)COC(=O)c1c2ccccc2cc2ccccc12. The van der Waals surface area contributed by atoms with Crippen LogP contribution in [0.15, 0.2) is 54.6 Å². The summed E-state index contributed by atoms with van der Waals surface area (Å²) in [4.78, 5) is 36.1. The average molecular weight is 364 g/mol. The first kappa shape index (κ1) is 18.4. The van der Waals surface area contributed by atoms with Crippen molar-refractivity contribution in [3.05, 3.63) is 60.2 Å². The van der Waals surface area contributed by atoms with Gasteiger partial charge in [-0.25, -0.2) is 9.59 Å². The molecular formula is C21H20N2O4. The van der Waals surface area contributed by atoms with Gasteiger partial charge in [0.25, 0.3) is 5.91 Å². The van der Waals surface area contributed by atoms with Crippen LogP contribution < -0.4 is 10.6 Å². The van der Waals surface area contributed by atoms with E-state index in [4.69, 9.17) is 4.74 Å². The summed E-state index contributed by atoms with van der Waals surface area (Å²) in [6.45, 7) is 3.01. The monoisotopic (exact) mass is 364 g/mol. The van der Waals surface area contributed by atoms with Crippen LogP contribution in [0.1, 0.15) is 24.2 Å². The van der Waals surface area contributed by atoms with Gasteiger partial charge in [-0.05, 0) is 41.5 Å². The van der Waals surface area contributed by atoms with Crippen LogP contribution in [-0.2, 0) is 9.53 Å². The van der Waals surface area contributed by atoms with Crippen molar-refractivity contribution in [3.63, 3.8) is 0 Å². The molecule has 3 aromatic carbocycles. The number of benzene rings is 3. The van der Waals surface area contributed by atoms with Gasteiger partial charge in [-0.15, -0.1) is 0 Å². The quantitative estimate of drug-likeness (QED) is 0.549. The minimum absolute atomic E-state index is 0.109. The Morgan fingerprint density at radius 2 is 1.48 bits per heavy atom. The molecule has 0 atom stereocenters. The van der Waals surface area contributed by atoms with E-state index < -0.39 is 24.5 Å². The fourth-order valence-corrected chi connectivity index (χ4v) is 2.90. The largest absolute Gasteiger partial charge is 0.452 e. The zero-order valence-corrected chi connectivity index (χ0v) is 15.1. The molecule has 27 heavy (non-hydrogen) atoms. The molecule has 0 aliphatic rings. The Hall–Kier alpha value is -3.41. The molecule has 3 rings (SSSR count). The van der Waals surface area contributed by atoms with Crippen LogP contribution in [0, 0.1) is 0 Å². The summed E-state index contributed by atoms with van der Waals surface area (Å²) >= 11 is 0. The van der Waals surface area contributed by atoms with Gasteiger partial charge in [0.2, 0.25) is 0 Å². The predicted octanol–water partition coefficient (Wildman–Crippen LogP) is 3.38. The topological polar surface area (TPSA) is 84.5 Å². The molecule has 0 aliphatic carbocycles. The molecule has 0 unspecified atom stereocenters. The van der Waals surface area contributed by atoms with Crippen molar-refractivity contribution in [1.29, 1.82) is 0 Å². The molecule has 3 amide bonds. The number of ether oxygens (including phenoxy) is 1. The first-order valence-corrected chi connectivity index (χ1v) is 8.63. The zero-order valence-electron chi connectivity index (χ0n) is 15.1. The Balaban J connectivity index is 1.83. The number of carbonyl (C=O) groups excluding carboxylic acids is 3. The molecule has 0 aliphatic heterocycles. The minimum Gasteiger partial charge on any atom is -0.452 e. The van der Waals surface area contributed by atoms with Gasteiger partial charge >= 0.3 is 12.0 Å². The third-order valence-electron chi connectivity index (χ3n) is 3.98. The van der Waals surface area contributed by atoms with Crippen molar-refractivity contribution < 1.29 is 19.1 Å². The van der Waals surface area contributed by atoms with Gasteiger partial charge in [0.05, 0.1) is 5.56 Å². The van der Waals surface area contributed by atoms with Crippen LogP contribution in [0.3, 0.4) is 0 Å². The summed E-state index contributed by atoms with van der Waals surface area (Å²) in [6, 6.07) is 16.3. The van der Waals surface area contributed by atoms with Crippen LogP contribution in [0.2, 0.25) is 0 Å². The lowest BCUT2D eigenvalue weighted by atomic mass is 9.97. The highest BCUT2D eigenvalue weighted by Crippen LogP contribution is 2.29. The van der Waals surface area contributed by atoms with Gasteiger partial charge in [0.1, 0.15) is 0 Å². The Bertz CT molecular complexity index is 973. The van der Waals surface area contributed by atoms with E-state index in [1.165, 1.54) is 0 Å². The van der Waals surface area contributed by atoms with E-state index in [1.54, 1.807) is 13.8 Å². The molecule has 6 nitrogen and oxygen atoms in total. The van der Waals surface area contributed by atoms with Gasteiger partial charge in [-0.3, -0.25) is 10.1 Å². The number of esters is 1. The van der Waals surface area contributed by atoms with E-state index in [0.717, 1.165) is 21.5 Å². The molecule has 0 aromatic heterocycles. The Morgan fingerprint density at radius 1 is 0.926 bits per heavy atom. The lowest BCUT2D eigenvalue weighted by Crippen LogP contribution is -2.44. The van der Waals surface area contributed by atoms with Crippen LogP contribution in [0.4, 0.5) is 4.79 Å². The van der Waals surface area contributed by atoms with Crippen molar-refractivity contribution in [2.24, 2.45) is 0 Å². The predicted molar refractivity (Wildman–Crippen MR) is 104 cm³/mol. The number of fused-ring (bicyclic) bond motifs is 2. The molecule has 0 saturated heterocycles. The van der Waals surface area contributed by atoms with Crippen LogP contribution >= 0.6 is 0 Å². The maximum atomic E-state index is 12.7. The molecule has 6 heteroatoms. The van der Waals surface area contributed by atoms with E-state index in [2.05, 4.69) is 10.6 Å². The Morgan fingerprint density at radius 3 is 2.04 bits per heavy atom. The van der Waals surface area contributed by atoms with E-state index in [9.17, 15) is 14.4 Å². The Kier molecular flexibility index (Phi) is 5.35. The average Bonchev–Trinajstić information content (AvgIpc) is 2.63. The van der Waals surface area contributed by atoms with Gasteiger partial charge < -0.3 is 10.1 Å². The highest BCUT2D eigenvalue weighted by atomic mass is 16.5. The fourth-order valence-electron chi connectivity index (χ4n) is 2.90. The van der Waals surface area contributed by atoms with E-state index in [-0.39, 0.29) is 6.04 Å². The number of amides is 3. The van der Waals surface area contributed by atoms with E-state index >= 15 is 0 Å². The maximum absolute atomic E-state index is 12.7. The smallest absolute Gasteiger partial charge is 0.339 e. The van der Waals surface area contributed by atoms with E-state index in [1.807, 2.05) is 54.6 Å². The molecule has 138 valence electrons. The normalized spacial score (nSPS) is 10.8.